The summed E-state index contributed by atoms with van der Waals surface area (Å²) in [5, 5.41) is 3.92. The lowest BCUT2D eigenvalue weighted by Gasteiger charge is -2.07. The van der Waals surface area contributed by atoms with Crippen LogP contribution in [0.25, 0.3) is 20.8 Å². The molecule has 0 aliphatic heterocycles. The van der Waals surface area contributed by atoms with Crippen molar-refractivity contribution in [3.63, 3.8) is 0 Å². The first-order chi connectivity index (χ1) is 12.2. The van der Waals surface area contributed by atoms with Crippen molar-refractivity contribution in [2.45, 2.75) is 6.92 Å². The molecule has 0 saturated heterocycles. The third-order valence-electron chi connectivity index (χ3n) is 3.94. The molecule has 3 aromatic carbocycles. The highest BCUT2D eigenvalue weighted by molar-refractivity contribution is 7.21. The molecule has 0 spiro atoms. The molecule has 3 nitrogen and oxygen atoms in total. The van der Waals surface area contributed by atoms with E-state index in [9.17, 15) is 4.79 Å². The van der Waals surface area contributed by atoms with E-state index < -0.39 is 0 Å². The van der Waals surface area contributed by atoms with Crippen LogP contribution in [0.2, 0.25) is 0 Å². The van der Waals surface area contributed by atoms with Crippen molar-refractivity contribution >= 4 is 33.1 Å². The largest absolute Gasteiger partial charge is 0.322 e. The van der Waals surface area contributed by atoms with Crippen LogP contribution in [0.4, 0.5) is 5.69 Å². The van der Waals surface area contributed by atoms with Gasteiger partial charge in [0.2, 0.25) is 0 Å². The fraction of sp³-hybridized carbons (Fsp3) is 0.0476. The molecule has 4 heteroatoms. The molecular formula is C21H16N2OS. The molecule has 25 heavy (non-hydrogen) atoms. The zero-order valence-corrected chi connectivity index (χ0v) is 14.5. The molecule has 1 heterocycles. The molecule has 1 aromatic heterocycles. The van der Waals surface area contributed by atoms with Crippen molar-refractivity contribution in [1.82, 2.24) is 4.98 Å². The van der Waals surface area contributed by atoms with Gasteiger partial charge in [-0.1, -0.05) is 42.0 Å². The Morgan fingerprint density at radius 2 is 1.80 bits per heavy atom. The Labute approximate surface area is 150 Å². The molecule has 4 rings (SSSR count). The Balaban J connectivity index is 1.62. The predicted octanol–water partition coefficient (Wildman–Crippen LogP) is 5.52. The second kappa shape index (κ2) is 6.49. The number of carbonyl (C=O) groups excluding carboxylic acids is 1. The summed E-state index contributed by atoms with van der Waals surface area (Å²) < 4.78 is 1.16. The first kappa shape index (κ1) is 15.5. The third kappa shape index (κ3) is 3.30. The number of nitrogens with zero attached hydrogens (tertiary/aromatic N) is 1. The summed E-state index contributed by atoms with van der Waals surface area (Å²) in [6, 6.07) is 23.5. The smallest absolute Gasteiger partial charge is 0.255 e. The molecule has 0 atom stereocenters. The average Bonchev–Trinajstić information content (AvgIpc) is 3.06. The van der Waals surface area contributed by atoms with E-state index >= 15 is 0 Å². The number of anilines is 1. The predicted molar refractivity (Wildman–Crippen MR) is 104 cm³/mol. The van der Waals surface area contributed by atoms with E-state index in [-0.39, 0.29) is 5.91 Å². The Bertz CT molecular complexity index is 1040. The van der Waals surface area contributed by atoms with Crippen LogP contribution in [0.3, 0.4) is 0 Å². The normalized spacial score (nSPS) is 10.8. The standard InChI is InChI=1S/C21H16N2OS/c1-14-6-4-7-15(12-14)20(24)22-17-9-5-8-16(13-17)21-23-18-10-2-3-11-19(18)25-21/h2-13H,1H3,(H,22,24). The van der Waals surface area contributed by atoms with Gasteiger partial charge >= 0.3 is 0 Å². The Hall–Kier alpha value is -2.98. The summed E-state index contributed by atoms with van der Waals surface area (Å²) >= 11 is 1.65. The van der Waals surface area contributed by atoms with Crippen molar-refractivity contribution in [1.29, 1.82) is 0 Å². The van der Waals surface area contributed by atoms with Gasteiger partial charge in [0.1, 0.15) is 5.01 Å². The fourth-order valence-electron chi connectivity index (χ4n) is 2.72. The number of thiazole rings is 1. The highest BCUT2D eigenvalue weighted by Gasteiger charge is 2.09. The highest BCUT2D eigenvalue weighted by Crippen LogP contribution is 2.31. The maximum atomic E-state index is 12.4. The summed E-state index contributed by atoms with van der Waals surface area (Å²) in [7, 11) is 0. The van der Waals surface area contributed by atoms with Crippen LogP contribution in [0.5, 0.6) is 0 Å². The number of benzene rings is 3. The number of nitrogens with one attached hydrogen (secondary N) is 1. The topological polar surface area (TPSA) is 42.0 Å². The number of carbonyl (C=O) groups is 1. The van der Waals surface area contributed by atoms with Crippen LogP contribution in [-0.2, 0) is 0 Å². The van der Waals surface area contributed by atoms with Crippen molar-refractivity contribution < 1.29 is 4.79 Å². The van der Waals surface area contributed by atoms with Gasteiger partial charge in [0.15, 0.2) is 0 Å². The average molecular weight is 344 g/mol. The molecule has 0 fully saturated rings. The molecule has 0 bridgehead atoms. The van der Waals surface area contributed by atoms with Gasteiger partial charge in [0, 0.05) is 16.8 Å². The van der Waals surface area contributed by atoms with Gasteiger partial charge in [0.25, 0.3) is 5.91 Å². The van der Waals surface area contributed by atoms with Crippen LogP contribution in [-0.4, -0.2) is 10.9 Å². The monoisotopic (exact) mass is 344 g/mol. The van der Waals surface area contributed by atoms with Gasteiger partial charge in [-0.05, 0) is 43.3 Å². The molecule has 0 unspecified atom stereocenters. The van der Waals surface area contributed by atoms with Gasteiger partial charge in [-0.15, -0.1) is 11.3 Å². The lowest BCUT2D eigenvalue weighted by Crippen LogP contribution is -2.11. The van der Waals surface area contributed by atoms with Crippen molar-refractivity contribution in [2.24, 2.45) is 0 Å². The second-order valence-electron chi connectivity index (χ2n) is 5.89. The van der Waals surface area contributed by atoms with E-state index in [1.165, 1.54) is 0 Å². The van der Waals surface area contributed by atoms with Crippen molar-refractivity contribution in [3.05, 3.63) is 83.9 Å². The van der Waals surface area contributed by atoms with E-state index in [4.69, 9.17) is 0 Å². The van der Waals surface area contributed by atoms with Crippen LogP contribution in [0, 0.1) is 6.92 Å². The van der Waals surface area contributed by atoms with E-state index in [1.807, 2.05) is 73.7 Å². The first-order valence-corrected chi connectivity index (χ1v) is 8.85. The van der Waals surface area contributed by atoms with Crippen LogP contribution < -0.4 is 5.32 Å². The number of hydrogen-bond donors (Lipinski definition) is 1. The molecule has 0 saturated carbocycles. The number of rotatable bonds is 3. The zero-order chi connectivity index (χ0) is 17.2. The molecular weight excluding hydrogens is 328 g/mol. The van der Waals surface area contributed by atoms with E-state index in [2.05, 4.69) is 16.4 Å². The Kier molecular flexibility index (Phi) is 4.04. The van der Waals surface area contributed by atoms with Crippen LogP contribution in [0.15, 0.2) is 72.8 Å². The summed E-state index contributed by atoms with van der Waals surface area (Å²) in [5.41, 5.74) is 4.49. The highest BCUT2D eigenvalue weighted by atomic mass is 32.1. The van der Waals surface area contributed by atoms with Gasteiger partial charge in [-0.2, -0.15) is 0 Å². The lowest BCUT2D eigenvalue weighted by atomic mass is 10.1. The van der Waals surface area contributed by atoms with Crippen molar-refractivity contribution in [3.8, 4) is 10.6 Å². The van der Waals surface area contributed by atoms with Gasteiger partial charge in [-0.3, -0.25) is 4.79 Å². The first-order valence-electron chi connectivity index (χ1n) is 8.03. The number of amides is 1. The van der Waals surface area contributed by atoms with Crippen molar-refractivity contribution in [2.75, 3.05) is 5.32 Å². The van der Waals surface area contributed by atoms with E-state index in [0.29, 0.717) is 5.56 Å². The van der Waals surface area contributed by atoms with Crippen LogP contribution in [0.1, 0.15) is 15.9 Å². The molecule has 1 amide bonds. The van der Waals surface area contributed by atoms with E-state index in [1.54, 1.807) is 11.3 Å². The quantitative estimate of drug-likeness (QED) is 0.531. The molecule has 1 N–H and O–H groups in total. The summed E-state index contributed by atoms with van der Waals surface area (Å²) in [6.45, 7) is 1.98. The Morgan fingerprint density at radius 1 is 0.960 bits per heavy atom. The lowest BCUT2D eigenvalue weighted by molar-refractivity contribution is 0.102. The number of aryl methyl sites for hydroxylation is 1. The summed E-state index contributed by atoms with van der Waals surface area (Å²) in [6.07, 6.45) is 0. The SMILES string of the molecule is Cc1cccc(C(=O)Nc2cccc(-c3nc4ccccc4s3)c2)c1. The van der Waals surface area contributed by atoms with Gasteiger partial charge < -0.3 is 5.32 Å². The molecule has 122 valence electrons. The zero-order valence-electron chi connectivity index (χ0n) is 13.7. The minimum atomic E-state index is -0.106. The molecule has 0 radical (unpaired) electrons. The molecule has 0 aliphatic rings. The maximum Gasteiger partial charge on any atom is 0.255 e. The Morgan fingerprint density at radius 3 is 2.64 bits per heavy atom. The number of aromatic nitrogens is 1. The number of para-hydroxylation sites is 1. The minimum absolute atomic E-state index is 0.106. The van der Waals surface area contributed by atoms with E-state index in [0.717, 1.165) is 32.0 Å². The maximum absolute atomic E-state index is 12.4. The minimum Gasteiger partial charge on any atom is -0.322 e. The third-order valence-corrected chi connectivity index (χ3v) is 5.03. The molecule has 4 aromatic rings. The molecule has 0 aliphatic carbocycles. The number of hydrogen-bond acceptors (Lipinski definition) is 3. The number of fused-ring (bicyclic) bond motifs is 1. The second-order valence-corrected chi connectivity index (χ2v) is 6.92. The summed E-state index contributed by atoms with van der Waals surface area (Å²) in [5.74, 6) is -0.106. The fourth-order valence-corrected chi connectivity index (χ4v) is 3.68. The van der Waals surface area contributed by atoms with Gasteiger partial charge in [-0.25, -0.2) is 4.98 Å². The summed E-state index contributed by atoms with van der Waals surface area (Å²) in [4.78, 5) is 17.1. The van der Waals surface area contributed by atoms with Gasteiger partial charge in [0.05, 0.1) is 10.2 Å². The van der Waals surface area contributed by atoms with Crippen LogP contribution >= 0.6 is 11.3 Å².